The van der Waals surface area contributed by atoms with Crippen molar-refractivity contribution in [1.82, 2.24) is 0 Å². The number of hydrogen-bond acceptors (Lipinski definition) is 2. The number of benzene rings is 16. The van der Waals surface area contributed by atoms with Crippen LogP contribution in [0.1, 0.15) is 49.9 Å². The van der Waals surface area contributed by atoms with Crippen molar-refractivity contribution in [2.45, 2.75) is 38.5 Å². The Hall–Kier alpha value is -10.6. The van der Waals surface area contributed by atoms with E-state index in [1.165, 1.54) is 159 Å². The van der Waals surface area contributed by atoms with E-state index < -0.39 is 0 Å². The molecular formula is C90H65BBrO2. The molecule has 0 atom stereocenters. The molecule has 2 aliphatic rings. The highest BCUT2D eigenvalue weighted by Gasteiger charge is 2.38. The van der Waals surface area contributed by atoms with Crippen LogP contribution in [-0.4, -0.2) is 12.7 Å². The second-order valence-electron chi connectivity index (χ2n) is 25.9. The van der Waals surface area contributed by atoms with E-state index >= 15 is 0 Å². The van der Waals surface area contributed by atoms with Gasteiger partial charge in [0, 0.05) is 15.3 Å². The Morgan fingerprint density at radius 2 is 0.564 bits per heavy atom. The Bertz CT molecular complexity index is 5500. The zero-order chi connectivity index (χ0) is 63.7. The summed E-state index contributed by atoms with van der Waals surface area (Å²) in [5.41, 5.74) is 23.6. The lowest BCUT2D eigenvalue weighted by Gasteiger charge is -2.21. The smallest absolute Gasteiger partial charge is 0.537 e. The zero-order valence-corrected chi connectivity index (χ0v) is 54.4. The van der Waals surface area contributed by atoms with Crippen LogP contribution < -0.4 is 4.65 Å². The van der Waals surface area contributed by atoms with Gasteiger partial charge in [0.2, 0.25) is 0 Å². The van der Waals surface area contributed by atoms with Crippen LogP contribution in [0.15, 0.2) is 320 Å². The largest absolute Gasteiger partial charge is 0.569 e. The van der Waals surface area contributed by atoms with E-state index in [-0.39, 0.29) is 10.8 Å². The molecule has 0 spiro atoms. The van der Waals surface area contributed by atoms with Crippen molar-refractivity contribution in [3.8, 4) is 83.6 Å². The summed E-state index contributed by atoms with van der Waals surface area (Å²) in [4.78, 5) is 0. The molecule has 0 saturated carbocycles. The maximum atomic E-state index is 8.88. The molecule has 0 heterocycles. The van der Waals surface area contributed by atoms with Crippen LogP contribution in [0.2, 0.25) is 0 Å². The molecule has 0 saturated heterocycles. The second-order valence-corrected chi connectivity index (χ2v) is 26.8. The summed E-state index contributed by atoms with van der Waals surface area (Å²) in [6.07, 6.45) is 0. The third-order valence-electron chi connectivity index (χ3n) is 19.9. The molecule has 0 aromatic heterocycles. The first-order chi connectivity index (χ1) is 46.0. The predicted octanol–water partition coefficient (Wildman–Crippen LogP) is 24.6. The molecule has 16 aromatic carbocycles. The molecule has 4 heteroatoms. The van der Waals surface area contributed by atoms with Gasteiger partial charge in [-0.2, -0.15) is 0 Å². The van der Waals surface area contributed by atoms with Gasteiger partial charge < -0.3 is 9.68 Å². The first-order valence-corrected chi connectivity index (χ1v) is 33.2. The van der Waals surface area contributed by atoms with E-state index in [1.807, 2.05) is 24.3 Å². The number of fused-ring (bicyclic) bond motifs is 14. The fraction of sp³-hybridized carbons (Fsp3) is 0.0667. The Kier molecular flexibility index (Phi) is 14.8. The molecule has 1 N–H and O–H groups in total. The van der Waals surface area contributed by atoms with Crippen molar-refractivity contribution in [1.29, 1.82) is 0 Å². The van der Waals surface area contributed by atoms with Crippen molar-refractivity contribution >= 4 is 88.2 Å². The minimum absolute atomic E-state index is 0.0227. The SMILES string of the molecule is CC1(C)c2ccc(-c3ccc(-c4c5ccccc5c(-c5ccccc5)c5ccccc45)cc3)cc2-c2c1ccc1ccccc21.CC1(C)c2ccc(Br)cc2-c2c1ccc1ccccc21.O[B]Oc1ccc(-c2c3ccccc3c(-c3ccccc3)c3ccccc23)cc1. The Balaban J connectivity index is 0.000000122. The highest BCUT2D eigenvalue weighted by atomic mass is 79.9. The molecule has 16 aromatic rings. The molecule has 2 aliphatic carbocycles. The second kappa shape index (κ2) is 23.8. The van der Waals surface area contributed by atoms with Crippen LogP contribution in [0.5, 0.6) is 5.75 Å². The predicted molar refractivity (Wildman–Crippen MR) is 403 cm³/mol. The van der Waals surface area contributed by atoms with E-state index in [1.54, 1.807) is 0 Å². The molecule has 0 amide bonds. The van der Waals surface area contributed by atoms with Gasteiger partial charge in [-0.15, -0.1) is 0 Å². The Morgan fingerprint density at radius 3 is 0.957 bits per heavy atom. The van der Waals surface area contributed by atoms with Crippen molar-refractivity contribution in [3.05, 3.63) is 342 Å². The molecule has 18 rings (SSSR count). The Labute approximate surface area is 558 Å². The number of hydrogen-bond donors (Lipinski definition) is 1. The average molecular weight is 1270 g/mol. The van der Waals surface area contributed by atoms with Gasteiger partial charge in [-0.3, -0.25) is 0 Å². The zero-order valence-electron chi connectivity index (χ0n) is 52.8. The molecular weight excluding hydrogens is 1200 g/mol. The Morgan fingerprint density at radius 1 is 0.266 bits per heavy atom. The molecule has 447 valence electrons. The lowest BCUT2D eigenvalue weighted by Crippen LogP contribution is -2.14. The van der Waals surface area contributed by atoms with Crippen molar-refractivity contribution in [2.24, 2.45) is 0 Å². The van der Waals surface area contributed by atoms with Crippen molar-refractivity contribution in [2.75, 3.05) is 0 Å². The molecule has 94 heavy (non-hydrogen) atoms. The first-order valence-electron chi connectivity index (χ1n) is 32.4. The lowest BCUT2D eigenvalue weighted by atomic mass is 9.82. The highest BCUT2D eigenvalue weighted by Crippen LogP contribution is 2.54. The van der Waals surface area contributed by atoms with Gasteiger partial charge >= 0.3 is 7.69 Å². The van der Waals surface area contributed by atoms with Crippen LogP contribution in [0.25, 0.3) is 143 Å². The standard InChI is InChI=1S/C45H32.C26H18BO2.C19H15Br/c1-45(2)40-26-25-33(28-39(40)44-34-15-7-6-12-30(34)24-27-41(44)45)29-20-22-32(23-21-29)43-37-18-10-8-16-35(37)42(31-13-4-3-5-14-31)36-17-9-11-19-38(36)43;28-27-29-20-16-14-19(15-17-20)26-23-12-6-4-10-21(23)25(18-8-2-1-3-9-18)22-11-5-7-13-24(22)26;1-19(2)16-10-8-13(20)11-15(16)18-14-6-4-3-5-12(14)7-9-17(18)19/h3-28H,1-2H3;1-17,28H;3-11H,1-2H3. The lowest BCUT2D eigenvalue weighted by molar-refractivity contribution is 0.454. The first kappa shape index (κ1) is 58.5. The van der Waals surface area contributed by atoms with Crippen molar-refractivity contribution < 1.29 is 9.68 Å². The van der Waals surface area contributed by atoms with Crippen LogP contribution >= 0.6 is 15.9 Å². The van der Waals surface area contributed by atoms with E-state index in [2.05, 4.69) is 335 Å². The van der Waals surface area contributed by atoms with E-state index in [0.29, 0.717) is 13.4 Å². The third-order valence-corrected chi connectivity index (χ3v) is 20.4. The van der Waals surface area contributed by atoms with Gasteiger partial charge in [0.1, 0.15) is 5.75 Å². The normalized spacial score (nSPS) is 13.0. The van der Waals surface area contributed by atoms with Crippen LogP contribution in [0.4, 0.5) is 0 Å². The van der Waals surface area contributed by atoms with Gasteiger partial charge in [0.25, 0.3) is 0 Å². The molecule has 2 nitrogen and oxygen atoms in total. The molecule has 0 fully saturated rings. The summed E-state index contributed by atoms with van der Waals surface area (Å²) in [5.74, 6) is 0.603. The number of rotatable bonds is 7. The van der Waals surface area contributed by atoms with E-state index in [9.17, 15) is 0 Å². The monoisotopic (exact) mass is 1270 g/mol. The summed E-state index contributed by atoms with van der Waals surface area (Å²) in [5, 5.41) is 24.2. The summed E-state index contributed by atoms with van der Waals surface area (Å²) >= 11 is 3.62. The molecule has 0 aliphatic heterocycles. The summed E-state index contributed by atoms with van der Waals surface area (Å²) in [7, 11) is 0.703. The summed E-state index contributed by atoms with van der Waals surface area (Å²) < 4.78 is 6.23. The topological polar surface area (TPSA) is 29.5 Å². The van der Waals surface area contributed by atoms with Gasteiger partial charge in [-0.1, -0.05) is 329 Å². The van der Waals surface area contributed by atoms with Gasteiger partial charge in [0.15, 0.2) is 0 Å². The van der Waals surface area contributed by atoms with Gasteiger partial charge in [0.05, 0.1) is 0 Å². The average Bonchev–Trinajstić information content (AvgIpc) is 1.55. The summed E-state index contributed by atoms with van der Waals surface area (Å²) in [6.45, 7) is 9.36. The fourth-order valence-electron chi connectivity index (χ4n) is 15.5. The number of halogens is 1. The van der Waals surface area contributed by atoms with E-state index in [0.717, 1.165) is 10.0 Å². The molecule has 0 bridgehead atoms. The maximum absolute atomic E-state index is 8.88. The minimum Gasteiger partial charge on any atom is -0.537 e. The quantitative estimate of drug-likeness (QED) is 0.127. The third kappa shape index (κ3) is 9.91. The van der Waals surface area contributed by atoms with Crippen LogP contribution in [0.3, 0.4) is 0 Å². The van der Waals surface area contributed by atoms with Crippen LogP contribution in [0, 0.1) is 0 Å². The minimum atomic E-state index is -0.0227. The van der Waals surface area contributed by atoms with Crippen molar-refractivity contribution in [3.63, 3.8) is 0 Å². The fourth-order valence-corrected chi connectivity index (χ4v) is 15.9. The van der Waals surface area contributed by atoms with Gasteiger partial charge in [-0.25, -0.2) is 0 Å². The molecule has 0 unspecified atom stereocenters. The summed E-state index contributed by atoms with van der Waals surface area (Å²) in [6, 6.07) is 114. The van der Waals surface area contributed by atoms with Crippen LogP contribution in [-0.2, 0) is 10.8 Å². The molecule has 1 radical (unpaired) electrons. The highest BCUT2D eigenvalue weighted by molar-refractivity contribution is 9.10. The maximum Gasteiger partial charge on any atom is 0.569 e. The van der Waals surface area contributed by atoms with Gasteiger partial charge in [-0.05, 0) is 195 Å². The van der Waals surface area contributed by atoms with E-state index in [4.69, 9.17) is 9.68 Å².